The van der Waals surface area contributed by atoms with Crippen molar-refractivity contribution in [2.24, 2.45) is 5.41 Å². The molecule has 1 amide bonds. The Hall–Kier alpha value is -1.58. The van der Waals surface area contributed by atoms with Crippen LogP contribution in [0.1, 0.15) is 32.4 Å². The van der Waals surface area contributed by atoms with Gasteiger partial charge in [-0.05, 0) is 37.3 Å². The van der Waals surface area contributed by atoms with Crippen LogP contribution in [0.25, 0.3) is 0 Å². The number of pyridine rings is 1. The summed E-state index contributed by atoms with van der Waals surface area (Å²) < 4.78 is 0. The minimum absolute atomic E-state index is 0.00541. The van der Waals surface area contributed by atoms with Gasteiger partial charge in [0.1, 0.15) is 6.04 Å². The molecule has 1 N–H and O–H groups in total. The average Bonchev–Trinajstić information content (AvgIpc) is 2.29. The standard InChI is InChI=1S/C14H19N3O/c1-9-5-6-10-12(15-9)17-8-4-7-14(2,3)11(17)13(18)16-10/h5-6,11H,4,7-8H2,1-3H3,(H,16,18). The third-order valence-corrected chi connectivity index (χ3v) is 4.06. The average molecular weight is 245 g/mol. The third kappa shape index (κ3) is 1.59. The summed E-state index contributed by atoms with van der Waals surface area (Å²) in [6.45, 7) is 7.25. The molecule has 0 aliphatic carbocycles. The van der Waals surface area contributed by atoms with E-state index in [1.807, 2.05) is 19.1 Å². The number of carbonyl (C=O) groups excluding carboxylic acids is 1. The van der Waals surface area contributed by atoms with Gasteiger partial charge >= 0.3 is 0 Å². The lowest BCUT2D eigenvalue weighted by atomic mass is 9.75. The van der Waals surface area contributed by atoms with Crippen LogP contribution in [0.4, 0.5) is 11.5 Å². The Labute approximate surface area is 107 Å². The van der Waals surface area contributed by atoms with Gasteiger partial charge < -0.3 is 10.2 Å². The molecule has 1 fully saturated rings. The number of fused-ring (bicyclic) bond motifs is 3. The van der Waals surface area contributed by atoms with Crippen molar-refractivity contribution < 1.29 is 4.79 Å². The minimum Gasteiger partial charge on any atom is -0.342 e. The largest absolute Gasteiger partial charge is 0.342 e. The molecule has 1 aromatic heterocycles. The maximum absolute atomic E-state index is 12.3. The first-order chi connectivity index (χ1) is 8.49. The van der Waals surface area contributed by atoms with Gasteiger partial charge in [0.25, 0.3) is 0 Å². The molecule has 0 saturated carbocycles. The van der Waals surface area contributed by atoms with Crippen molar-refractivity contribution in [3.63, 3.8) is 0 Å². The Morgan fingerprint density at radius 1 is 1.44 bits per heavy atom. The molecule has 1 aromatic rings. The molecule has 0 bridgehead atoms. The molecule has 2 aliphatic heterocycles. The van der Waals surface area contributed by atoms with Gasteiger partial charge in [-0.15, -0.1) is 0 Å². The molecule has 3 heterocycles. The van der Waals surface area contributed by atoms with Gasteiger partial charge in [-0.1, -0.05) is 13.8 Å². The van der Waals surface area contributed by atoms with Crippen molar-refractivity contribution in [3.05, 3.63) is 17.8 Å². The number of anilines is 2. The summed E-state index contributed by atoms with van der Waals surface area (Å²) in [6.07, 6.45) is 2.20. The highest BCUT2D eigenvalue weighted by Crippen LogP contribution is 2.42. The van der Waals surface area contributed by atoms with Crippen molar-refractivity contribution in [1.82, 2.24) is 4.98 Å². The zero-order valence-corrected chi connectivity index (χ0v) is 11.2. The third-order valence-electron chi connectivity index (χ3n) is 4.06. The predicted molar refractivity (Wildman–Crippen MR) is 71.8 cm³/mol. The van der Waals surface area contributed by atoms with E-state index in [2.05, 4.69) is 29.0 Å². The molecule has 0 radical (unpaired) electrons. The molecule has 1 saturated heterocycles. The van der Waals surface area contributed by atoms with E-state index in [4.69, 9.17) is 0 Å². The van der Waals surface area contributed by atoms with E-state index < -0.39 is 0 Å². The lowest BCUT2D eigenvalue weighted by Crippen LogP contribution is -2.58. The summed E-state index contributed by atoms with van der Waals surface area (Å²) in [5, 5.41) is 3.00. The molecule has 2 aliphatic rings. The van der Waals surface area contributed by atoms with Crippen molar-refractivity contribution in [3.8, 4) is 0 Å². The molecule has 4 nitrogen and oxygen atoms in total. The number of hydrogen-bond acceptors (Lipinski definition) is 3. The maximum Gasteiger partial charge on any atom is 0.247 e. The highest BCUT2D eigenvalue weighted by Gasteiger charge is 2.46. The quantitative estimate of drug-likeness (QED) is 0.763. The zero-order chi connectivity index (χ0) is 12.9. The number of hydrogen-bond donors (Lipinski definition) is 1. The Balaban J connectivity index is 2.11. The van der Waals surface area contributed by atoms with Crippen LogP contribution in [-0.4, -0.2) is 23.5 Å². The zero-order valence-electron chi connectivity index (χ0n) is 11.2. The van der Waals surface area contributed by atoms with E-state index in [1.54, 1.807) is 0 Å². The van der Waals surface area contributed by atoms with Crippen molar-refractivity contribution in [2.45, 2.75) is 39.7 Å². The smallest absolute Gasteiger partial charge is 0.247 e. The number of piperidine rings is 1. The van der Waals surface area contributed by atoms with E-state index >= 15 is 0 Å². The summed E-state index contributed by atoms with van der Waals surface area (Å²) in [7, 11) is 0. The van der Waals surface area contributed by atoms with Gasteiger partial charge in [0.05, 0.1) is 5.69 Å². The topological polar surface area (TPSA) is 45.2 Å². The molecule has 4 heteroatoms. The van der Waals surface area contributed by atoms with Crippen molar-refractivity contribution in [1.29, 1.82) is 0 Å². The summed E-state index contributed by atoms with van der Waals surface area (Å²) >= 11 is 0. The van der Waals surface area contributed by atoms with Crippen molar-refractivity contribution in [2.75, 3.05) is 16.8 Å². The monoisotopic (exact) mass is 245 g/mol. The van der Waals surface area contributed by atoms with E-state index in [0.29, 0.717) is 0 Å². The number of aryl methyl sites for hydroxylation is 1. The fourth-order valence-corrected chi connectivity index (χ4v) is 3.18. The van der Waals surface area contributed by atoms with Crippen LogP contribution in [0.3, 0.4) is 0 Å². The fourth-order valence-electron chi connectivity index (χ4n) is 3.18. The van der Waals surface area contributed by atoms with E-state index in [-0.39, 0.29) is 17.4 Å². The number of nitrogens with zero attached hydrogens (tertiary/aromatic N) is 2. The van der Waals surface area contributed by atoms with Crippen LogP contribution in [0.15, 0.2) is 12.1 Å². The number of amides is 1. The Bertz CT molecular complexity index is 510. The lowest BCUT2D eigenvalue weighted by Gasteiger charge is -2.48. The number of rotatable bonds is 0. The molecule has 0 aromatic carbocycles. The first kappa shape index (κ1) is 11.5. The highest BCUT2D eigenvalue weighted by molar-refractivity contribution is 6.03. The van der Waals surface area contributed by atoms with Crippen LogP contribution in [0.5, 0.6) is 0 Å². The molecule has 3 rings (SSSR count). The van der Waals surface area contributed by atoms with Crippen LogP contribution < -0.4 is 10.2 Å². The van der Waals surface area contributed by atoms with Crippen LogP contribution in [-0.2, 0) is 4.79 Å². The van der Waals surface area contributed by atoms with Crippen LogP contribution in [0, 0.1) is 12.3 Å². The summed E-state index contributed by atoms with van der Waals surface area (Å²) in [6, 6.07) is 3.80. The number of nitrogens with one attached hydrogen (secondary N) is 1. The predicted octanol–water partition coefficient (Wildman–Crippen LogP) is 2.34. The Morgan fingerprint density at radius 3 is 3.00 bits per heavy atom. The molecule has 1 atom stereocenters. The summed E-state index contributed by atoms with van der Waals surface area (Å²) in [5.41, 5.74) is 1.84. The van der Waals surface area contributed by atoms with Gasteiger partial charge in [0.15, 0.2) is 5.82 Å². The molecular formula is C14H19N3O. The normalized spacial score (nSPS) is 25.2. The molecular weight excluding hydrogens is 226 g/mol. The number of carbonyl (C=O) groups is 1. The van der Waals surface area contributed by atoms with Gasteiger partial charge in [-0.3, -0.25) is 4.79 Å². The first-order valence-corrected chi connectivity index (χ1v) is 6.54. The van der Waals surface area contributed by atoms with Gasteiger partial charge in [0.2, 0.25) is 5.91 Å². The summed E-state index contributed by atoms with van der Waals surface area (Å²) in [4.78, 5) is 19.1. The van der Waals surface area contributed by atoms with E-state index in [1.165, 1.54) is 0 Å². The second-order valence-electron chi connectivity index (χ2n) is 6.00. The van der Waals surface area contributed by atoms with Gasteiger partial charge in [0, 0.05) is 12.2 Å². The fraction of sp³-hybridized carbons (Fsp3) is 0.571. The van der Waals surface area contributed by atoms with Gasteiger partial charge in [-0.25, -0.2) is 4.98 Å². The molecule has 96 valence electrons. The van der Waals surface area contributed by atoms with E-state index in [0.717, 1.165) is 36.6 Å². The van der Waals surface area contributed by atoms with Crippen LogP contribution in [0.2, 0.25) is 0 Å². The van der Waals surface area contributed by atoms with Crippen LogP contribution >= 0.6 is 0 Å². The maximum atomic E-state index is 12.3. The van der Waals surface area contributed by atoms with Gasteiger partial charge in [-0.2, -0.15) is 0 Å². The Morgan fingerprint density at radius 2 is 2.22 bits per heavy atom. The first-order valence-electron chi connectivity index (χ1n) is 6.54. The minimum atomic E-state index is -0.0898. The highest BCUT2D eigenvalue weighted by atomic mass is 16.2. The van der Waals surface area contributed by atoms with Crippen molar-refractivity contribution >= 4 is 17.4 Å². The molecule has 18 heavy (non-hydrogen) atoms. The summed E-state index contributed by atoms with van der Waals surface area (Å²) in [5.74, 6) is 1.05. The lowest BCUT2D eigenvalue weighted by molar-refractivity contribution is -0.120. The second kappa shape index (κ2) is 3.70. The molecule has 1 unspecified atom stereocenters. The molecule has 0 spiro atoms. The van der Waals surface area contributed by atoms with E-state index in [9.17, 15) is 4.79 Å². The second-order valence-corrected chi connectivity index (χ2v) is 6.00. The number of aromatic nitrogens is 1. The SMILES string of the molecule is Cc1ccc2c(n1)N1CCCC(C)(C)C1C(=O)N2. The Kier molecular flexibility index (Phi) is 2.37.